The number of aliphatic hydroxyl groups excluding tert-OH is 4. The number of aliphatic hydroxyl groups is 4. The highest BCUT2D eigenvalue weighted by Gasteiger charge is 2.39. The molecular formula is C17H30O8. The van der Waals surface area contributed by atoms with Crippen molar-refractivity contribution >= 4 is 5.97 Å². The van der Waals surface area contributed by atoms with E-state index in [0.717, 1.165) is 0 Å². The molecule has 0 aromatic carbocycles. The second kappa shape index (κ2) is 9.26. The lowest BCUT2D eigenvalue weighted by molar-refractivity contribution is -0.156. The van der Waals surface area contributed by atoms with Crippen LogP contribution in [0.1, 0.15) is 53.4 Å². The number of unbranched alkanes of at least 4 members (excludes halogenated alkanes) is 1. The van der Waals surface area contributed by atoms with Crippen molar-refractivity contribution in [3.63, 3.8) is 0 Å². The van der Waals surface area contributed by atoms with Crippen molar-refractivity contribution in [2.75, 3.05) is 6.61 Å². The first-order valence-electron chi connectivity index (χ1n) is 8.50. The van der Waals surface area contributed by atoms with Gasteiger partial charge in [-0.3, -0.25) is 4.79 Å². The fourth-order valence-corrected chi connectivity index (χ4v) is 2.32. The van der Waals surface area contributed by atoms with Crippen LogP contribution in [-0.2, 0) is 19.0 Å². The van der Waals surface area contributed by atoms with E-state index in [4.69, 9.17) is 19.3 Å². The van der Waals surface area contributed by atoms with Gasteiger partial charge in [-0.1, -0.05) is 0 Å². The molecule has 0 radical (unpaired) electrons. The van der Waals surface area contributed by atoms with E-state index in [1.54, 1.807) is 6.92 Å². The van der Waals surface area contributed by atoms with Gasteiger partial charge < -0.3 is 34.6 Å². The van der Waals surface area contributed by atoms with Gasteiger partial charge in [-0.15, -0.1) is 0 Å². The number of ether oxygens (including phenoxy) is 3. The molecule has 0 bridgehead atoms. The molecule has 0 amide bonds. The van der Waals surface area contributed by atoms with Gasteiger partial charge in [-0.2, -0.15) is 0 Å². The minimum atomic E-state index is -1.57. The normalized spacial score (nSPS) is 25.3. The highest BCUT2D eigenvalue weighted by atomic mass is 16.7. The summed E-state index contributed by atoms with van der Waals surface area (Å²) < 4.78 is 15.8. The Balaban J connectivity index is 2.39. The third-order valence-corrected chi connectivity index (χ3v) is 3.60. The molecule has 1 aliphatic heterocycles. The minimum absolute atomic E-state index is 0.250. The monoisotopic (exact) mass is 362 g/mol. The van der Waals surface area contributed by atoms with Crippen molar-refractivity contribution in [3.05, 3.63) is 11.7 Å². The van der Waals surface area contributed by atoms with Crippen molar-refractivity contribution in [2.45, 2.75) is 83.4 Å². The van der Waals surface area contributed by atoms with Crippen molar-refractivity contribution in [3.8, 4) is 0 Å². The second-order valence-electron chi connectivity index (χ2n) is 7.21. The van der Waals surface area contributed by atoms with Gasteiger partial charge in [0.15, 0.2) is 6.10 Å². The second-order valence-corrected chi connectivity index (χ2v) is 7.21. The molecule has 3 unspecified atom stereocenters. The molecule has 1 heterocycles. The van der Waals surface area contributed by atoms with Gasteiger partial charge in [-0.25, -0.2) is 0 Å². The summed E-state index contributed by atoms with van der Waals surface area (Å²) in [4.78, 5) is 11.6. The lowest BCUT2D eigenvalue weighted by atomic mass is 10.0. The van der Waals surface area contributed by atoms with Crippen LogP contribution in [0, 0.1) is 0 Å². The molecule has 146 valence electrons. The van der Waals surface area contributed by atoms with Gasteiger partial charge in [0.05, 0.1) is 12.7 Å². The van der Waals surface area contributed by atoms with Gasteiger partial charge in [0, 0.05) is 6.42 Å². The molecule has 4 N–H and O–H groups in total. The van der Waals surface area contributed by atoms with Gasteiger partial charge >= 0.3 is 11.9 Å². The third kappa shape index (κ3) is 7.09. The van der Waals surface area contributed by atoms with E-state index in [1.165, 1.54) is 0 Å². The summed E-state index contributed by atoms with van der Waals surface area (Å²) in [6, 6.07) is 0. The first kappa shape index (κ1) is 21.5. The molecule has 0 saturated heterocycles. The summed E-state index contributed by atoms with van der Waals surface area (Å²) in [6.07, 6.45) is -2.19. The van der Waals surface area contributed by atoms with E-state index in [0.29, 0.717) is 25.7 Å². The number of esters is 1. The predicted molar refractivity (Wildman–Crippen MR) is 88.5 cm³/mol. The maximum atomic E-state index is 11.6. The quantitative estimate of drug-likeness (QED) is 0.374. The summed E-state index contributed by atoms with van der Waals surface area (Å²) >= 11 is 0. The van der Waals surface area contributed by atoms with Gasteiger partial charge in [-0.05, 0) is 47.0 Å². The summed E-state index contributed by atoms with van der Waals surface area (Å²) in [7, 11) is 0. The molecule has 1 rings (SSSR count). The van der Waals surface area contributed by atoms with Crippen LogP contribution in [0.5, 0.6) is 0 Å². The predicted octanol–water partition coefficient (Wildman–Crippen LogP) is 1.13. The average molecular weight is 362 g/mol. The molecule has 1 aliphatic rings. The average Bonchev–Trinajstić information content (AvgIpc) is 2.50. The molecule has 0 fully saturated rings. The summed E-state index contributed by atoms with van der Waals surface area (Å²) in [5.41, 5.74) is -0.496. The van der Waals surface area contributed by atoms with Crippen LogP contribution in [0.3, 0.4) is 0 Å². The molecule has 8 heteroatoms. The zero-order valence-electron chi connectivity index (χ0n) is 15.3. The van der Waals surface area contributed by atoms with Crippen LogP contribution >= 0.6 is 0 Å². The topological polar surface area (TPSA) is 126 Å². The largest absolute Gasteiger partial charge is 0.504 e. The Morgan fingerprint density at radius 2 is 1.92 bits per heavy atom. The Morgan fingerprint density at radius 1 is 1.28 bits per heavy atom. The minimum Gasteiger partial charge on any atom is -0.504 e. The first-order valence-corrected chi connectivity index (χ1v) is 8.50. The lowest BCUT2D eigenvalue weighted by Gasteiger charge is -2.33. The van der Waals surface area contributed by atoms with Crippen molar-refractivity contribution in [1.82, 2.24) is 0 Å². The SMILES string of the molecule is CC(CCCCC(=O)OC(C)(C)C)OC1=C(O)C(O)[C@@H](O)C(CO)O1. The Hall–Kier alpha value is -1.51. The zero-order chi connectivity index (χ0) is 19.2. The molecule has 0 spiro atoms. The smallest absolute Gasteiger partial charge is 0.322 e. The highest BCUT2D eigenvalue weighted by molar-refractivity contribution is 5.69. The van der Waals surface area contributed by atoms with Crippen LogP contribution in [0.15, 0.2) is 11.7 Å². The maximum Gasteiger partial charge on any atom is 0.322 e. The number of rotatable bonds is 8. The Morgan fingerprint density at radius 3 is 2.48 bits per heavy atom. The molecule has 4 atom stereocenters. The van der Waals surface area contributed by atoms with Crippen LogP contribution in [-0.4, -0.2) is 63.0 Å². The van der Waals surface area contributed by atoms with Gasteiger partial charge in [0.2, 0.25) is 5.76 Å². The van der Waals surface area contributed by atoms with Crippen LogP contribution < -0.4 is 0 Å². The molecule has 0 saturated carbocycles. The standard InChI is InChI=1S/C17H30O8/c1-10(7-5-6-8-12(19)25-17(2,3)4)23-16-15(22)14(21)13(20)11(9-18)24-16/h10-11,13-14,18,20-22H,5-9H2,1-4H3/t10?,11?,13-,14?/m0/s1. The number of carbonyl (C=O) groups excluding carboxylic acids is 1. The molecule has 25 heavy (non-hydrogen) atoms. The Kier molecular flexibility index (Phi) is 7.98. The van der Waals surface area contributed by atoms with Crippen LogP contribution in [0.2, 0.25) is 0 Å². The van der Waals surface area contributed by atoms with Gasteiger partial charge in [0.1, 0.15) is 17.8 Å². The number of hydrogen-bond acceptors (Lipinski definition) is 8. The molecule has 0 aliphatic carbocycles. The third-order valence-electron chi connectivity index (χ3n) is 3.60. The van der Waals surface area contributed by atoms with E-state index < -0.39 is 36.3 Å². The Labute approximate surface area is 148 Å². The van der Waals surface area contributed by atoms with E-state index in [9.17, 15) is 20.1 Å². The van der Waals surface area contributed by atoms with Crippen LogP contribution in [0.4, 0.5) is 0 Å². The van der Waals surface area contributed by atoms with Crippen molar-refractivity contribution in [2.24, 2.45) is 0 Å². The molecule has 0 aromatic rings. The van der Waals surface area contributed by atoms with Gasteiger partial charge in [0.25, 0.3) is 0 Å². The fourth-order valence-electron chi connectivity index (χ4n) is 2.32. The molecule has 8 nitrogen and oxygen atoms in total. The van der Waals surface area contributed by atoms with E-state index >= 15 is 0 Å². The van der Waals surface area contributed by atoms with E-state index in [1.807, 2.05) is 20.8 Å². The van der Waals surface area contributed by atoms with Crippen molar-refractivity contribution < 1.29 is 39.4 Å². The first-order chi connectivity index (χ1) is 11.5. The highest BCUT2D eigenvalue weighted by Crippen LogP contribution is 2.25. The lowest BCUT2D eigenvalue weighted by Crippen LogP contribution is -2.46. The Bertz CT molecular complexity index is 468. The number of hydrogen-bond donors (Lipinski definition) is 4. The van der Waals surface area contributed by atoms with Crippen LogP contribution in [0.25, 0.3) is 0 Å². The fraction of sp³-hybridized carbons (Fsp3) is 0.824. The molecule has 0 aromatic heterocycles. The zero-order valence-corrected chi connectivity index (χ0v) is 15.3. The van der Waals surface area contributed by atoms with E-state index in [2.05, 4.69) is 0 Å². The summed E-state index contributed by atoms with van der Waals surface area (Å²) in [6.45, 7) is 6.67. The van der Waals surface area contributed by atoms with E-state index in [-0.39, 0.29) is 18.0 Å². The maximum absolute atomic E-state index is 11.6. The summed E-state index contributed by atoms with van der Waals surface area (Å²) in [5, 5.41) is 38.3. The summed E-state index contributed by atoms with van der Waals surface area (Å²) in [5.74, 6) is -1.14. The van der Waals surface area contributed by atoms with Crippen molar-refractivity contribution in [1.29, 1.82) is 0 Å². The molecular weight excluding hydrogens is 332 g/mol. The number of carbonyl (C=O) groups is 1.